The zero-order chi connectivity index (χ0) is 25.6. The Balaban J connectivity index is 2.14. The number of hydrogen-bond acceptors (Lipinski definition) is 6. The Labute approximate surface area is 205 Å². The molecule has 0 bridgehead atoms. The van der Waals surface area contributed by atoms with Crippen molar-refractivity contribution in [1.29, 1.82) is 0 Å². The van der Waals surface area contributed by atoms with Gasteiger partial charge < -0.3 is 4.52 Å². The van der Waals surface area contributed by atoms with Crippen LogP contribution in [-0.2, 0) is 26.6 Å². The first-order chi connectivity index (χ1) is 16.7. The predicted octanol–water partition coefficient (Wildman–Crippen LogP) is 6.28. The molecular weight excluding hydrogens is 470 g/mol. The summed E-state index contributed by atoms with van der Waals surface area (Å²) in [5.74, 6) is 0.220. The molecule has 0 radical (unpaired) electrons. The van der Waals surface area contributed by atoms with E-state index in [9.17, 15) is 13.8 Å². The van der Waals surface area contributed by atoms with Gasteiger partial charge in [-0.05, 0) is 62.9 Å². The maximum absolute atomic E-state index is 13.7. The van der Waals surface area contributed by atoms with Crippen LogP contribution in [0.15, 0.2) is 53.3 Å². The maximum atomic E-state index is 13.7. The summed E-state index contributed by atoms with van der Waals surface area (Å²) in [5.41, 5.74) is 2.28. The fourth-order valence-electron chi connectivity index (χ4n) is 3.94. The number of para-hydroxylation sites is 1. The predicted molar refractivity (Wildman–Crippen MR) is 134 cm³/mol. The van der Waals surface area contributed by atoms with Gasteiger partial charge in [-0.25, -0.2) is 13.9 Å². The van der Waals surface area contributed by atoms with Gasteiger partial charge in [-0.1, -0.05) is 38.1 Å². The minimum atomic E-state index is -3.88. The monoisotopic (exact) mass is 502 g/mol. The Morgan fingerprint density at radius 2 is 1.74 bits per heavy atom. The molecule has 0 fully saturated rings. The van der Waals surface area contributed by atoms with Crippen molar-refractivity contribution in [1.82, 2.24) is 9.55 Å². The summed E-state index contributed by atoms with van der Waals surface area (Å²) in [6.07, 6.45) is 0.423. The molecule has 188 valence electrons. The zero-order valence-corrected chi connectivity index (χ0v) is 21.7. The molecule has 9 heteroatoms. The van der Waals surface area contributed by atoms with Gasteiger partial charge in [0.1, 0.15) is 17.4 Å². The first-order valence-electron chi connectivity index (χ1n) is 11.7. The number of rotatable bonds is 11. The smallest absolute Gasteiger partial charge is 0.403 e. The van der Waals surface area contributed by atoms with E-state index in [-0.39, 0.29) is 42.8 Å². The molecule has 1 heterocycles. The Morgan fingerprint density at radius 1 is 1.06 bits per heavy atom. The average Bonchev–Trinajstić information content (AvgIpc) is 2.78. The topological polar surface area (TPSA) is 79.7 Å². The highest BCUT2D eigenvalue weighted by atomic mass is 31.2. The first kappa shape index (κ1) is 26.8. The van der Waals surface area contributed by atoms with Gasteiger partial charge in [0.2, 0.25) is 0 Å². The molecule has 0 aliphatic carbocycles. The summed E-state index contributed by atoms with van der Waals surface area (Å²) in [6, 6.07) is 13.2. The number of phosphoric ester groups is 1. The molecular formula is C26H32FN2O5P. The normalized spacial score (nSPS) is 11.7. The number of aromatic nitrogens is 2. The highest BCUT2D eigenvalue weighted by molar-refractivity contribution is 7.48. The summed E-state index contributed by atoms with van der Waals surface area (Å²) in [4.78, 5) is 18.4. The molecule has 0 saturated heterocycles. The quantitative estimate of drug-likeness (QED) is 0.287. The van der Waals surface area contributed by atoms with Crippen LogP contribution in [0.1, 0.15) is 50.4 Å². The van der Waals surface area contributed by atoms with Gasteiger partial charge >= 0.3 is 7.82 Å². The number of nitrogens with zero attached hydrogens (tertiary/aromatic N) is 2. The first-order valence-corrected chi connectivity index (χ1v) is 13.2. The van der Waals surface area contributed by atoms with Crippen LogP contribution < -0.4 is 10.1 Å². The second-order valence-electron chi connectivity index (χ2n) is 8.30. The molecule has 0 N–H and O–H groups in total. The molecule has 3 aromatic rings. The summed E-state index contributed by atoms with van der Waals surface area (Å²) in [6.45, 7) is 9.62. The Kier molecular flexibility index (Phi) is 9.00. The zero-order valence-electron chi connectivity index (χ0n) is 20.8. The summed E-state index contributed by atoms with van der Waals surface area (Å²) in [5, 5.41) is 0. The van der Waals surface area contributed by atoms with Crippen molar-refractivity contribution in [2.24, 2.45) is 0 Å². The Hall–Kier alpha value is -2.80. The fraction of sp³-hybridized carbons (Fsp3) is 0.385. The van der Waals surface area contributed by atoms with E-state index >= 15 is 0 Å². The Morgan fingerprint density at radius 3 is 2.37 bits per heavy atom. The van der Waals surface area contributed by atoms with E-state index in [2.05, 4.69) is 0 Å². The van der Waals surface area contributed by atoms with Crippen LogP contribution in [0.4, 0.5) is 4.39 Å². The van der Waals surface area contributed by atoms with Crippen molar-refractivity contribution in [3.05, 3.63) is 81.5 Å². The number of aryl methyl sites for hydroxylation is 2. The molecule has 0 aliphatic rings. The van der Waals surface area contributed by atoms with E-state index in [1.807, 2.05) is 19.9 Å². The Bertz CT molecular complexity index is 1260. The van der Waals surface area contributed by atoms with Gasteiger partial charge in [0.15, 0.2) is 0 Å². The van der Waals surface area contributed by atoms with Gasteiger partial charge in [-0.3, -0.25) is 18.4 Å². The molecule has 3 rings (SSSR count). The lowest BCUT2D eigenvalue weighted by Gasteiger charge is -2.21. The van der Waals surface area contributed by atoms with Gasteiger partial charge in [0, 0.05) is 17.8 Å². The van der Waals surface area contributed by atoms with Gasteiger partial charge in [-0.2, -0.15) is 0 Å². The van der Waals surface area contributed by atoms with E-state index < -0.39 is 7.82 Å². The van der Waals surface area contributed by atoms with Crippen LogP contribution in [0.5, 0.6) is 5.75 Å². The van der Waals surface area contributed by atoms with Crippen LogP contribution in [0.2, 0.25) is 0 Å². The molecule has 35 heavy (non-hydrogen) atoms. The highest BCUT2D eigenvalue weighted by Gasteiger charge is 2.29. The lowest BCUT2D eigenvalue weighted by atomic mass is 10.0. The van der Waals surface area contributed by atoms with Gasteiger partial charge in [0.05, 0.1) is 18.8 Å². The standard InChI is InChI=1S/C26H32FN2O5P/c1-6-32-35(31,33-7-2)34-23-14-9-8-13-22(23)25-28-19(5)24(18(3)4)26(30)29(25)16-15-20-11-10-12-21(27)17-20/h8-14,17-18H,6-7,15-16H2,1-5H3. The van der Waals surface area contributed by atoms with Crippen molar-refractivity contribution in [2.45, 2.75) is 53.5 Å². The van der Waals surface area contributed by atoms with Crippen molar-refractivity contribution in [2.75, 3.05) is 13.2 Å². The van der Waals surface area contributed by atoms with Crippen molar-refractivity contribution >= 4 is 7.82 Å². The molecule has 0 saturated carbocycles. The van der Waals surface area contributed by atoms with Crippen molar-refractivity contribution in [3.63, 3.8) is 0 Å². The van der Waals surface area contributed by atoms with Crippen LogP contribution in [0, 0.1) is 12.7 Å². The number of hydrogen-bond donors (Lipinski definition) is 0. The second kappa shape index (κ2) is 11.8. The SMILES string of the molecule is CCOP(=O)(OCC)Oc1ccccc1-c1nc(C)c(C(C)C)c(=O)n1CCc1cccc(F)c1. The number of phosphoric acid groups is 1. The van der Waals surface area contributed by atoms with Crippen molar-refractivity contribution < 1.29 is 22.5 Å². The molecule has 0 unspecified atom stereocenters. The second-order valence-corrected chi connectivity index (χ2v) is 9.89. The third-order valence-electron chi connectivity index (χ3n) is 5.40. The molecule has 0 amide bonds. The van der Waals surface area contributed by atoms with E-state index in [4.69, 9.17) is 18.6 Å². The third kappa shape index (κ3) is 6.45. The molecule has 0 spiro atoms. The van der Waals surface area contributed by atoms with Gasteiger partial charge in [-0.15, -0.1) is 0 Å². The van der Waals surface area contributed by atoms with Gasteiger partial charge in [0.25, 0.3) is 5.56 Å². The van der Waals surface area contributed by atoms with Crippen molar-refractivity contribution in [3.8, 4) is 17.1 Å². The van der Waals surface area contributed by atoms with Crippen LogP contribution in [0.25, 0.3) is 11.4 Å². The largest absolute Gasteiger partial charge is 0.530 e. The minimum absolute atomic E-state index is 0.0351. The van der Waals surface area contributed by atoms with E-state index in [0.29, 0.717) is 29.1 Å². The number of halogens is 1. The minimum Gasteiger partial charge on any atom is -0.403 e. The fourth-order valence-corrected chi connectivity index (χ4v) is 5.16. The molecule has 0 aliphatic heterocycles. The maximum Gasteiger partial charge on any atom is 0.530 e. The van der Waals surface area contributed by atoms with E-state index in [1.54, 1.807) is 55.7 Å². The van der Waals surface area contributed by atoms with E-state index in [1.165, 1.54) is 12.1 Å². The van der Waals surface area contributed by atoms with E-state index in [0.717, 1.165) is 5.56 Å². The summed E-state index contributed by atoms with van der Waals surface area (Å²) >= 11 is 0. The summed E-state index contributed by atoms with van der Waals surface area (Å²) in [7, 11) is -3.88. The average molecular weight is 503 g/mol. The van der Waals surface area contributed by atoms with Crippen LogP contribution in [0.3, 0.4) is 0 Å². The molecule has 7 nitrogen and oxygen atoms in total. The third-order valence-corrected chi connectivity index (χ3v) is 6.97. The van der Waals surface area contributed by atoms with Crippen LogP contribution >= 0.6 is 7.82 Å². The molecule has 2 aromatic carbocycles. The lowest BCUT2D eigenvalue weighted by Crippen LogP contribution is -2.29. The van der Waals surface area contributed by atoms with Crippen LogP contribution in [-0.4, -0.2) is 22.8 Å². The molecule has 0 atom stereocenters. The molecule has 1 aromatic heterocycles. The highest BCUT2D eigenvalue weighted by Crippen LogP contribution is 2.51. The number of benzene rings is 2. The summed E-state index contributed by atoms with van der Waals surface area (Å²) < 4.78 is 44.7. The lowest BCUT2D eigenvalue weighted by molar-refractivity contribution is 0.167.